The number of amides is 1. The second kappa shape index (κ2) is 5.71. The maximum absolute atomic E-state index is 12.3. The van der Waals surface area contributed by atoms with Crippen molar-refractivity contribution in [3.63, 3.8) is 0 Å². The molecule has 1 fully saturated rings. The highest BCUT2D eigenvalue weighted by atomic mass is 79.9. The van der Waals surface area contributed by atoms with E-state index in [0.29, 0.717) is 6.54 Å². The van der Waals surface area contributed by atoms with E-state index in [0.717, 1.165) is 10.2 Å². The van der Waals surface area contributed by atoms with Crippen LogP contribution in [0.15, 0.2) is 28.7 Å². The van der Waals surface area contributed by atoms with Gasteiger partial charge in [-0.2, -0.15) is 0 Å². The predicted octanol–water partition coefficient (Wildman–Crippen LogP) is 1.62. The van der Waals surface area contributed by atoms with Crippen molar-refractivity contribution in [2.45, 2.75) is 25.4 Å². The molecule has 1 amide bonds. The van der Waals surface area contributed by atoms with Gasteiger partial charge in [0.25, 0.3) is 0 Å². The van der Waals surface area contributed by atoms with Crippen molar-refractivity contribution < 1.29 is 14.7 Å². The second-order valence-electron chi connectivity index (χ2n) is 4.62. The number of rotatable bonds is 3. The molecule has 19 heavy (non-hydrogen) atoms. The molecule has 1 aromatic carbocycles. The van der Waals surface area contributed by atoms with Crippen molar-refractivity contribution >= 4 is 33.5 Å². The number of carbonyl (C=O) groups excluding carboxylic acids is 1. The van der Waals surface area contributed by atoms with Gasteiger partial charge >= 0.3 is 5.97 Å². The number of nitrogens with one attached hydrogen (secondary N) is 1. The fraction of sp³-hybridized carbons (Fsp3) is 0.385. The van der Waals surface area contributed by atoms with Crippen LogP contribution < -0.4 is 10.2 Å². The molecule has 2 unspecified atom stereocenters. The zero-order valence-corrected chi connectivity index (χ0v) is 12.1. The lowest BCUT2D eigenvalue weighted by Crippen LogP contribution is -2.60. The van der Waals surface area contributed by atoms with Crippen molar-refractivity contribution in [2.24, 2.45) is 0 Å². The molecule has 2 rings (SSSR count). The molecular formula is C13H15BrN2O3. The monoisotopic (exact) mass is 326 g/mol. The van der Waals surface area contributed by atoms with E-state index in [1.54, 1.807) is 4.90 Å². The van der Waals surface area contributed by atoms with E-state index in [4.69, 9.17) is 5.11 Å². The molecule has 0 radical (unpaired) electrons. The number of hydrogen-bond acceptors (Lipinski definition) is 3. The van der Waals surface area contributed by atoms with Crippen LogP contribution in [0.4, 0.5) is 5.69 Å². The topological polar surface area (TPSA) is 69.6 Å². The highest BCUT2D eigenvalue weighted by Crippen LogP contribution is 2.28. The van der Waals surface area contributed by atoms with Crippen molar-refractivity contribution in [2.75, 3.05) is 11.4 Å². The Hall–Kier alpha value is -1.40. The fourth-order valence-corrected chi connectivity index (χ4v) is 2.73. The van der Waals surface area contributed by atoms with E-state index in [2.05, 4.69) is 21.2 Å². The number of carbonyl (C=O) groups is 2. The standard InChI is InChI=1S/C13H15BrN2O3/c1-8-7-16(11-5-3-2-4-9(11)14)13(19)10(15-8)6-12(17)18/h2-5,8,10,15H,6-7H2,1H3,(H,17,18). The molecule has 0 saturated carbocycles. The van der Waals surface area contributed by atoms with Crippen LogP contribution in [-0.2, 0) is 9.59 Å². The van der Waals surface area contributed by atoms with Gasteiger partial charge in [-0.3, -0.25) is 9.59 Å². The molecule has 0 bridgehead atoms. The van der Waals surface area contributed by atoms with Crippen LogP contribution >= 0.6 is 15.9 Å². The summed E-state index contributed by atoms with van der Waals surface area (Å²) in [5, 5.41) is 11.9. The van der Waals surface area contributed by atoms with Gasteiger partial charge in [0.2, 0.25) is 5.91 Å². The van der Waals surface area contributed by atoms with Crippen LogP contribution in [0, 0.1) is 0 Å². The van der Waals surface area contributed by atoms with Gasteiger partial charge in [-0.1, -0.05) is 12.1 Å². The molecule has 1 aliphatic rings. The lowest BCUT2D eigenvalue weighted by molar-refractivity contribution is -0.140. The van der Waals surface area contributed by atoms with Gasteiger partial charge in [0, 0.05) is 17.1 Å². The van der Waals surface area contributed by atoms with Crippen LogP contribution in [-0.4, -0.2) is 35.6 Å². The van der Waals surface area contributed by atoms with E-state index < -0.39 is 12.0 Å². The van der Waals surface area contributed by atoms with E-state index in [1.807, 2.05) is 31.2 Å². The summed E-state index contributed by atoms with van der Waals surface area (Å²) in [7, 11) is 0. The molecule has 2 N–H and O–H groups in total. The van der Waals surface area contributed by atoms with Gasteiger partial charge < -0.3 is 15.3 Å². The normalized spacial score (nSPS) is 23.5. The number of halogens is 1. The number of carboxylic acids is 1. The molecule has 5 nitrogen and oxygen atoms in total. The molecule has 0 aliphatic carbocycles. The number of carboxylic acid groups (broad SMARTS) is 1. The Morgan fingerprint density at radius 3 is 2.84 bits per heavy atom. The first kappa shape index (κ1) is 14.0. The number of benzene rings is 1. The summed E-state index contributed by atoms with van der Waals surface area (Å²) in [6.07, 6.45) is -0.204. The molecule has 0 aromatic heterocycles. The molecule has 1 aliphatic heterocycles. The minimum absolute atomic E-state index is 0.0501. The third kappa shape index (κ3) is 3.13. The molecule has 6 heteroatoms. The summed E-state index contributed by atoms with van der Waals surface area (Å²) in [5.41, 5.74) is 0.774. The van der Waals surface area contributed by atoms with Crippen LogP contribution in [0.25, 0.3) is 0 Å². The lowest BCUT2D eigenvalue weighted by Gasteiger charge is -2.37. The average Bonchev–Trinajstić information content (AvgIpc) is 2.33. The van der Waals surface area contributed by atoms with Gasteiger partial charge in [0.05, 0.1) is 18.2 Å². The minimum Gasteiger partial charge on any atom is -0.481 e. The number of piperazine rings is 1. The van der Waals surface area contributed by atoms with E-state index in [9.17, 15) is 9.59 Å². The largest absolute Gasteiger partial charge is 0.481 e. The molecule has 1 aromatic rings. The fourth-order valence-electron chi connectivity index (χ4n) is 2.23. The smallest absolute Gasteiger partial charge is 0.305 e. The van der Waals surface area contributed by atoms with Crippen LogP contribution in [0.2, 0.25) is 0 Å². The van der Waals surface area contributed by atoms with Gasteiger partial charge in [0.1, 0.15) is 0 Å². The molecule has 0 spiro atoms. The molecule has 102 valence electrons. The Kier molecular flexibility index (Phi) is 4.21. The molecule has 1 saturated heterocycles. The van der Waals surface area contributed by atoms with E-state index >= 15 is 0 Å². The first-order valence-corrected chi connectivity index (χ1v) is 6.82. The van der Waals surface area contributed by atoms with Crippen LogP contribution in [0.1, 0.15) is 13.3 Å². The van der Waals surface area contributed by atoms with Crippen LogP contribution in [0.3, 0.4) is 0 Å². The first-order chi connectivity index (χ1) is 8.99. The second-order valence-corrected chi connectivity index (χ2v) is 5.47. The summed E-state index contributed by atoms with van der Waals surface area (Å²) < 4.78 is 0.825. The Morgan fingerprint density at radius 1 is 1.53 bits per heavy atom. The minimum atomic E-state index is -0.980. The number of hydrogen-bond donors (Lipinski definition) is 2. The van der Waals surface area contributed by atoms with Gasteiger partial charge in [-0.15, -0.1) is 0 Å². The highest BCUT2D eigenvalue weighted by molar-refractivity contribution is 9.10. The molecule has 1 heterocycles. The zero-order chi connectivity index (χ0) is 14.0. The molecule has 2 atom stereocenters. The number of anilines is 1. The average molecular weight is 327 g/mol. The summed E-state index contributed by atoms with van der Waals surface area (Å²) >= 11 is 3.42. The Morgan fingerprint density at radius 2 is 2.21 bits per heavy atom. The summed E-state index contributed by atoms with van der Waals surface area (Å²) in [4.78, 5) is 24.8. The predicted molar refractivity (Wildman–Crippen MR) is 75.1 cm³/mol. The maximum Gasteiger partial charge on any atom is 0.305 e. The summed E-state index contributed by atoms with van der Waals surface area (Å²) in [6.45, 7) is 2.46. The van der Waals surface area contributed by atoms with Crippen molar-refractivity contribution in [1.82, 2.24) is 5.32 Å². The Balaban J connectivity index is 2.27. The van der Waals surface area contributed by atoms with Crippen LogP contribution in [0.5, 0.6) is 0 Å². The zero-order valence-electron chi connectivity index (χ0n) is 10.5. The highest BCUT2D eigenvalue weighted by Gasteiger charge is 2.34. The van der Waals surface area contributed by atoms with Crippen molar-refractivity contribution in [1.29, 1.82) is 0 Å². The van der Waals surface area contributed by atoms with Gasteiger partial charge in [-0.05, 0) is 35.0 Å². The lowest BCUT2D eigenvalue weighted by atomic mass is 10.1. The van der Waals surface area contributed by atoms with E-state index in [-0.39, 0.29) is 18.4 Å². The maximum atomic E-state index is 12.3. The van der Waals surface area contributed by atoms with Crippen molar-refractivity contribution in [3.8, 4) is 0 Å². The van der Waals surface area contributed by atoms with Crippen molar-refractivity contribution in [3.05, 3.63) is 28.7 Å². The Labute approximate surface area is 119 Å². The number of aliphatic carboxylic acids is 1. The number of para-hydroxylation sites is 1. The molecular weight excluding hydrogens is 312 g/mol. The Bertz CT molecular complexity index is 506. The van der Waals surface area contributed by atoms with Gasteiger partial charge in [0.15, 0.2) is 0 Å². The third-order valence-corrected chi connectivity index (χ3v) is 3.70. The quantitative estimate of drug-likeness (QED) is 0.885. The SMILES string of the molecule is CC1CN(c2ccccc2Br)C(=O)C(CC(=O)O)N1. The number of nitrogens with zero attached hydrogens (tertiary/aromatic N) is 1. The van der Waals surface area contributed by atoms with Gasteiger partial charge in [-0.25, -0.2) is 0 Å². The third-order valence-electron chi connectivity index (χ3n) is 3.03. The summed E-state index contributed by atoms with van der Waals surface area (Å²) in [6, 6.07) is 6.81. The van der Waals surface area contributed by atoms with E-state index in [1.165, 1.54) is 0 Å². The first-order valence-electron chi connectivity index (χ1n) is 6.03. The summed E-state index contributed by atoms with van der Waals surface area (Å²) in [5.74, 6) is -1.18.